The normalized spacial score (nSPS) is 12.4. The highest BCUT2D eigenvalue weighted by atomic mass is 16.5. The lowest BCUT2D eigenvalue weighted by Crippen LogP contribution is -2.18. The molecule has 0 unspecified atom stereocenters. The summed E-state index contributed by atoms with van der Waals surface area (Å²) in [5.74, 6) is 0.386. The summed E-state index contributed by atoms with van der Waals surface area (Å²) in [6.45, 7) is 2.02. The number of hydrogen-bond donors (Lipinski definition) is 1. The van der Waals surface area contributed by atoms with Gasteiger partial charge >= 0.3 is 5.97 Å². The van der Waals surface area contributed by atoms with Gasteiger partial charge in [0.05, 0.1) is 19.9 Å². The van der Waals surface area contributed by atoms with E-state index < -0.39 is 5.97 Å². The number of rotatable bonds is 6. The molecule has 1 aromatic carbocycles. The van der Waals surface area contributed by atoms with Crippen molar-refractivity contribution in [2.45, 2.75) is 13.0 Å². The van der Waals surface area contributed by atoms with Gasteiger partial charge in [0.1, 0.15) is 5.75 Å². The van der Waals surface area contributed by atoms with Crippen molar-refractivity contribution < 1.29 is 14.3 Å². The Hall–Kier alpha value is -2.82. The van der Waals surface area contributed by atoms with Crippen molar-refractivity contribution >= 4 is 11.7 Å². The largest absolute Gasteiger partial charge is 0.497 e. The van der Waals surface area contributed by atoms with Crippen molar-refractivity contribution in [3.63, 3.8) is 0 Å². The highest BCUT2D eigenvalue weighted by Crippen LogP contribution is 2.21. The van der Waals surface area contributed by atoms with Crippen LogP contribution in [0.3, 0.4) is 0 Å². The van der Waals surface area contributed by atoms with E-state index in [9.17, 15) is 4.79 Å². The highest BCUT2D eigenvalue weighted by molar-refractivity contribution is 5.90. The zero-order valence-corrected chi connectivity index (χ0v) is 13.4. The third-order valence-electron chi connectivity index (χ3n) is 3.42. The van der Waals surface area contributed by atoms with Crippen LogP contribution in [0.4, 0.5) is 0 Å². The van der Waals surface area contributed by atoms with Gasteiger partial charge in [-0.25, -0.2) is 4.79 Å². The molecule has 0 amide bonds. The SMILES string of the molecule is COC(=O)C=C(N[C@@H](C)c1ccc(OC)cc1)c1cccnc1. The lowest BCUT2D eigenvalue weighted by molar-refractivity contribution is -0.134. The van der Waals surface area contributed by atoms with Crippen molar-refractivity contribution in [1.29, 1.82) is 0 Å². The number of esters is 1. The quantitative estimate of drug-likeness (QED) is 0.656. The molecule has 120 valence electrons. The van der Waals surface area contributed by atoms with Crippen LogP contribution in [0.2, 0.25) is 0 Å². The monoisotopic (exact) mass is 312 g/mol. The van der Waals surface area contributed by atoms with Gasteiger partial charge in [-0.05, 0) is 36.8 Å². The first kappa shape index (κ1) is 16.5. The summed E-state index contributed by atoms with van der Waals surface area (Å²) < 4.78 is 9.89. The zero-order chi connectivity index (χ0) is 16.7. The second kappa shape index (κ2) is 7.98. The first-order valence-electron chi connectivity index (χ1n) is 7.24. The Morgan fingerprint density at radius 2 is 1.96 bits per heavy atom. The van der Waals surface area contributed by atoms with Gasteiger partial charge in [0.2, 0.25) is 0 Å². The van der Waals surface area contributed by atoms with Crippen molar-refractivity contribution in [3.8, 4) is 5.75 Å². The Morgan fingerprint density at radius 1 is 1.22 bits per heavy atom. The predicted molar refractivity (Wildman–Crippen MR) is 88.8 cm³/mol. The Kier molecular flexibility index (Phi) is 5.74. The van der Waals surface area contributed by atoms with Gasteiger partial charge in [-0.1, -0.05) is 12.1 Å². The molecule has 0 spiro atoms. The molecule has 0 radical (unpaired) electrons. The topological polar surface area (TPSA) is 60.5 Å². The van der Waals surface area contributed by atoms with Crippen LogP contribution in [0.15, 0.2) is 54.9 Å². The minimum atomic E-state index is -0.418. The Labute approximate surface area is 136 Å². The zero-order valence-electron chi connectivity index (χ0n) is 13.4. The van der Waals surface area contributed by atoms with E-state index in [1.807, 2.05) is 43.3 Å². The molecular formula is C18H20N2O3. The van der Waals surface area contributed by atoms with Gasteiger partial charge < -0.3 is 14.8 Å². The molecule has 5 heteroatoms. The van der Waals surface area contributed by atoms with E-state index in [2.05, 4.69) is 10.3 Å². The minimum absolute atomic E-state index is 0.00276. The predicted octanol–water partition coefficient (Wildman–Crippen LogP) is 2.95. The van der Waals surface area contributed by atoms with Crippen molar-refractivity contribution in [2.24, 2.45) is 0 Å². The third-order valence-corrected chi connectivity index (χ3v) is 3.42. The van der Waals surface area contributed by atoms with Crippen LogP contribution in [0.1, 0.15) is 24.1 Å². The van der Waals surface area contributed by atoms with E-state index in [1.54, 1.807) is 19.5 Å². The lowest BCUT2D eigenvalue weighted by Gasteiger charge is -2.18. The molecule has 1 N–H and O–H groups in total. The van der Waals surface area contributed by atoms with Gasteiger partial charge in [-0.3, -0.25) is 4.98 Å². The summed E-state index contributed by atoms with van der Waals surface area (Å²) in [5, 5.41) is 3.33. The molecule has 1 aromatic heterocycles. The first-order chi connectivity index (χ1) is 11.1. The number of hydrogen-bond acceptors (Lipinski definition) is 5. The number of carbonyl (C=O) groups excluding carboxylic acids is 1. The second-order valence-corrected chi connectivity index (χ2v) is 4.96. The molecule has 5 nitrogen and oxygen atoms in total. The van der Waals surface area contributed by atoms with Crippen LogP contribution in [0.25, 0.3) is 5.70 Å². The van der Waals surface area contributed by atoms with Gasteiger partial charge in [-0.15, -0.1) is 0 Å². The summed E-state index contributed by atoms with van der Waals surface area (Å²) in [4.78, 5) is 15.7. The van der Waals surface area contributed by atoms with E-state index in [-0.39, 0.29) is 6.04 Å². The standard InChI is InChI=1S/C18H20N2O3/c1-13(14-6-8-16(22-2)9-7-14)20-17(11-18(21)23-3)15-5-4-10-19-12-15/h4-13,20H,1-3H3/t13-/m0/s1. The summed E-state index contributed by atoms with van der Waals surface area (Å²) in [6, 6.07) is 11.5. The van der Waals surface area contributed by atoms with Crippen molar-refractivity contribution in [2.75, 3.05) is 14.2 Å². The molecule has 0 bridgehead atoms. The number of pyridine rings is 1. The van der Waals surface area contributed by atoms with Gasteiger partial charge in [0.25, 0.3) is 0 Å². The van der Waals surface area contributed by atoms with E-state index in [1.165, 1.54) is 13.2 Å². The maximum absolute atomic E-state index is 11.6. The summed E-state index contributed by atoms with van der Waals surface area (Å²) in [6.07, 6.45) is 4.81. The third kappa shape index (κ3) is 4.57. The molecule has 23 heavy (non-hydrogen) atoms. The number of benzene rings is 1. The minimum Gasteiger partial charge on any atom is -0.497 e. The number of ether oxygens (including phenoxy) is 2. The number of carbonyl (C=O) groups is 1. The average molecular weight is 312 g/mol. The van der Waals surface area contributed by atoms with E-state index in [0.29, 0.717) is 5.70 Å². The van der Waals surface area contributed by atoms with E-state index in [4.69, 9.17) is 9.47 Å². The summed E-state index contributed by atoms with van der Waals surface area (Å²) >= 11 is 0. The van der Waals surface area contributed by atoms with Crippen LogP contribution in [-0.4, -0.2) is 25.2 Å². The van der Waals surface area contributed by atoms with Crippen LogP contribution in [0.5, 0.6) is 5.75 Å². The van der Waals surface area contributed by atoms with Gasteiger partial charge in [-0.2, -0.15) is 0 Å². The number of methoxy groups -OCH3 is 2. The summed E-state index contributed by atoms with van der Waals surface area (Å²) in [5.41, 5.74) is 2.55. The molecule has 0 aliphatic carbocycles. The maximum Gasteiger partial charge on any atom is 0.332 e. The highest BCUT2D eigenvalue weighted by Gasteiger charge is 2.11. The number of aromatic nitrogens is 1. The summed E-state index contributed by atoms with van der Waals surface area (Å²) in [7, 11) is 2.99. The maximum atomic E-state index is 11.6. The molecular weight excluding hydrogens is 292 g/mol. The molecule has 1 heterocycles. The average Bonchev–Trinajstić information content (AvgIpc) is 2.61. The Morgan fingerprint density at radius 3 is 2.52 bits per heavy atom. The first-order valence-corrected chi connectivity index (χ1v) is 7.24. The van der Waals surface area contributed by atoms with Crippen LogP contribution >= 0.6 is 0 Å². The van der Waals surface area contributed by atoms with Gasteiger partial charge in [0.15, 0.2) is 0 Å². The van der Waals surface area contributed by atoms with Crippen LogP contribution in [-0.2, 0) is 9.53 Å². The Bertz CT molecular complexity index is 666. The van der Waals surface area contributed by atoms with Crippen molar-refractivity contribution in [3.05, 3.63) is 66.0 Å². The fraction of sp³-hybridized carbons (Fsp3) is 0.222. The fourth-order valence-corrected chi connectivity index (χ4v) is 2.12. The second-order valence-electron chi connectivity index (χ2n) is 4.96. The van der Waals surface area contributed by atoms with Crippen LogP contribution < -0.4 is 10.1 Å². The molecule has 1 atom stereocenters. The fourth-order valence-electron chi connectivity index (χ4n) is 2.12. The molecule has 0 aliphatic rings. The lowest BCUT2D eigenvalue weighted by atomic mass is 10.1. The molecule has 0 saturated carbocycles. The molecule has 0 aliphatic heterocycles. The smallest absolute Gasteiger partial charge is 0.332 e. The molecule has 2 aromatic rings. The molecule has 2 rings (SSSR count). The van der Waals surface area contributed by atoms with E-state index >= 15 is 0 Å². The van der Waals surface area contributed by atoms with Crippen LogP contribution in [0, 0.1) is 0 Å². The number of nitrogens with zero attached hydrogens (tertiary/aromatic N) is 1. The Balaban J connectivity index is 2.22. The molecule has 0 saturated heterocycles. The molecule has 0 fully saturated rings. The van der Waals surface area contributed by atoms with Gasteiger partial charge in [0, 0.05) is 30.1 Å². The number of nitrogens with one attached hydrogen (secondary N) is 1. The van der Waals surface area contributed by atoms with Crippen molar-refractivity contribution in [1.82, 2.24) is 10.3 Å². The van der Waals surface area contributed by atoms with E-state index in [0.717, 1.165) is 16.9 Å².